The standard InChI is InChI=1S/C26H22ClF3N2O2S/c27-19-7-4-14(25(33)32-17-12-20(28)24(30)21(29)13-17)9-22(19)35-18-10-15-5-6-16(11-18)26(15,34)23-3-1-2-8-31-23/h1-4,7-9,12-13,15-16,18,34H,5-6,10-11H2,(H,32,33)/t15-,16?,18?,26?/m0/s1. The van der Waals surface area contributed by atoms with Crippen molar-refractivity contribution in [3.05, 3.63) is 88.5 Å². The summed E-state index contributed by atoms with van der Waals surface area (Å²) in [5.74, 6) is -4.79. The lowest BCUT2D eigenvalue weighted by Crippen LogP contribution is -2.43. The molecule has 5 rings (SSSR count). The van der Waals surface area contributed by atoms with Gasteiger partial charge >= 0.3 is 0 Å². The van der Waals surface area contributed by atoms with Crippen molar-refractivity contribution < 1.29 is 23.1 Å². The number of thioether (sulfide) groups is 1. The molecule has 1 aromatic heterocycles. The van der Waals surface area contributed by atoms with Crippen LogP contribution < -0.4 is 5.32 Å². The minimum Gasteiger partial charge on any atom is -0.383 e. The Morgan fingerprint density at radius 1 is 1.06 bits per heavy atom. The number of hydrogen-bond donors (Lipinski definition) is 2. The third-order valence-electron chi connectivity index (χ3n) is 7.01. The number of fused-ring (bicyclic) bond motifs is 2. The van der Waals surface area contributed by atoms with Crippen molar-refractivity contribution in [3.63, 3.8) is 0 Å². The first-order valence-corrected chi connectivity index (χ1v) is 12.6. The fourth-order valence-electron chi connectivity index (χ4n) is 5.36. The Kier molecular flexibility index (Phi) is 6.55. The Balaban J connectivity index is 1.31. The molecule has 0 spiro atoms. The molecular weight excluding hydrogens is 497 g/mol. The fraction of sp³-hybridized carbons (Fsp3) is 0.308. The molecule has 4 atom stereocenters. The van der Waals surface area contributed by atoms with Crippen molar-refractivity contribution in [1.82, 2.24) is 4.98 Å². The zero-order chi connectivity index (χ0) is 24.7. The fourth-order valence-corrected chi connectivity index (χ4v) is 7.00. The molecule has 9 heteroatoms. The number of hydrogen-bond acceptors (Lipinski definition) is 4. The Bertz CT molecular complexity index is 1240. The molecule has 182 valence electrons. The van der Waals surface area contributed by atoms with E-state index in [9.17, 15) is 23.1 Å². The first-order chi connectivity index (χ1) is 16.8. The van der Waals surface area contributed by atoms with Crippen LogP contribution >= 0.6 is 23.4 Å². The molecule has 0 saturated heterocycles. The van der Waals surface area contributed by atoms with Crippen LogP contribution in [0.4, 0.5) is 18.9 Å². The van der Waals surface area contributed by atoms with E-state index >= 15 is 0 Å². The van der Waals surface area contributed by atoms with E-state index in [-0.39, 0.29) is 28.3 Å². The third-order valence-corrected chi connectivity index (χ3v) is 8.76. The van der Waals surface area contributed by atoms with Gasteiger partial charge in [-0.2, -0.15) is 0 Å². The van der Waals surface area contributed by atoms with Crippen LogP contribution in [0.15, 0.2) is 59.6 Å². The van der Waals surface area contributed by atoms with Gasteiger partial charge < -0.3 is 10.4 Å². The van der Waals surface area contributed by atoms with Gasteiger partial charge in [-0.05, 0) is 67.9 Å². The van der Waals surface area contributed by atoms with E-state index in [1.165, 1.54) is 6.07 Å². The number of carbonyl (C=O) groups is 1. The molecule has 2 aliphatic rings. The topological polar surface area (TPSA) is 62.2 Å². The molecule has 2 aromatic carbocycles. The lowest BCUT2D eigenvalue weighted by Gasteiger charge is -2.42. The minimum atomic E-state index is -1.59. The number of amides is 1. The average Bonchev–Trinajstić information content (AvgIpc) is 3.01. The highest BCUT2D eigenvalue weighted by molar-refractivity contribution is 8.00. The van der Waals surface area contributed by atoms with E-state index in [0.29, 0.717) is 9.92 Å². The summed E-state index contributed by atoms with van der Waals surface area (Å²) in [7, 11) is 0. The number of carbonyl (C=O) groups excluding carboxylic acids is 1. The number of aliphatic hydroxyl groups is 1. The number of nitrogens with one attached hydrogen (secondary N) is 1. The van der Waals surface area contributed by atoms with Gasteiger partial charge in [0.05, 0.1) is 10.7 Å². The summed E-state index contributed by atoms with van der Waals surface area (Å²) in [4.78, 5) is 17.8. The van der Waals surface area contributed by atoms with Crippen LogP contribution in [-0.4, -0.2) is 21.2 Å². The number of benzene rings is 2. The maximum absolute atomic E-state index is 13.5. The molecule has 4 nitrogen and oxygen atoms in total. The maximum atomic E-state index is 13.5. The highest BCUT2D eigenvalue weighted by Gasteiger charge is 2.55. The van der Waals surface area contributed by atoms with E-state index < -0.39 is 29.0 Å². The van der Waals surface area contributed by atoms with Crippen molar-refractivity contribution in [2.24, 2.45) is 11.8 Å². The second kappa shape index (κ2) is 9.48. The summed E-state index contributed by atoms with van der Waals surface area (Å²) in [6.07, 6.45) is 5.13. The summed E-state index contributed by atoms with van der Waals surface area (Å²) in [6, 6.07) is 11.8. The predicted octanol–water partition coefficient (Wildman–Crippen LogP) is 6.57. The number of halogens is 4. The van der Waals surface area contributed by atoms with Gasteiger partial charge in [-0.15, -0.1) is 11.8 Å². The molecule has 3 aromatic rings. The number of aromatic nitrogens is 1. The quantitative estimate of drug-likeness (QED) is 0.375. The van der Waals surface area contributed by atoms with Gasteiger partial charge in [-0.3, -0.25) is 9.78 Å². The van der Waals surface area contributed by atoms with Crippen molar-refractivity contribution in [2.45, 2.75) is 41.4 Å². The number of nitrogens with zero attached hydrogens (tertiary/aromatic N) is 1. The van der Waals surface area contributed by atoms with Gasteiger partial charge in [0, 0.05) is 39.7 Å². The van der Waals surface area contributed by atoms with E-state index in [1.54, 1.807) is 30.1 Å². The van der Waals surface area contributed by atoms with Crippen molar-refractivity contribution in [2.75, 3.05) is 5.32 Å². The van der Waals surface area contributed by atoms with Gasteiger partial charge in [-0.25, -0.2) is 13.2 Å². The Morgan fingerprint density at radius 3 is 2.37 bits per heavy atom. The normalized spacial score (nSPS) is 25.5. The van der Waals surface area contributed by atoms with Crippen LogP contribution in [0.1, 0.15) is 41.7 Å². The van der Waals surface area contributed by atoms with Gasteiger partial charge in [0.15, 0.2) is 17.5 Å². The minimum absolute atomic E-state index is 0.0853. The third kappa shape index (κ3) is 4.55. The second-order valence-corrected chi connectivity index (χ2v) is 10.8. The Labute approximate surface area is 209 Å². The van der Waals surface area contributed by atoms with Crippen LogP contribution in [0.2, 0.25) is 5.02 Å². The summed E-state index contributed by atoms with van der Waals surface area (Å²) in [5, 5.41) is 14.6. The lowest BCUT2D eigenvalue weighted by atomic mass is 9.72. The van der Waals surface area contributed by atoms with Crippen LogP contribution in [0, 0.1) is 29.3 Å². The Morgan fingerprint density at radius 2 is 1.74 bits per heavy atom. The molecule has 2 saturated carbocycles. The first kappa shape index (κ1) is 24.2. The largest absolute Gasteiger partial charge is 0.383 e. The van der Waals surface area contributed by atoms with Gasteiger partial charge in [0.25, 0.3) is 5.91 Å². The van der Waals surface area contributed by atoms with Crippen molar-refractivity contribution in [3.8, 4) is 0 Å². The van der Waals surface area contributed by atoms with Crippen LogP contribution in [-0.2, 0) is 5.60 Å². The second-order valence-electron chi connectivity index (χ2n) is 9.08. The van der Waals surface area contributed by atoms with E-state index in [4.69, 9.17) is 11.6 Å². The molecule has 3 unspecified atom stereocenters. The molecule has 2 fully saturated rings. The molecular formula is C26H22ClF3N2O2S. The number of anilines is 1. The van der Waals surface area contributed by atoms with E-state index in [2.05, 4.69) is 10.3 Å². The molecule has 1 amide bonds. The highest BCUT2D eigenvalue weighted by atomic mass is 35.5. The lowest BCUT2D eigenvalue weighted by molar-refractivity contribution is -0.0676. The average molecular weight is 519 g/mol. The molecule has 0 radical (unpaired) electrons. The smallest absolute Gasteiger partial charge is 0.255 e. The molecule has 0 aliphatic heterocycles. The molecule has 1 heterocycles. The van der Waals surface area contributed by atoms with Crippen LogP contribution in [0.5, 0.6) is 0 Å². The van der Waals surface area contributed by atoms with Crippen molar-refractivity contribution >= 4 is 35.0 Å². The first-order valence-electron chi connectivity index (χ1n) is 11.3. The van der Waals surface area contributed by atoms with E-state index in [0.717, 1.165) is 43.5 Å². The van der Waals surface area contributed by atoms with E-state index in [1.807, 2.05) is 18.2 Å². The van der Waals surface area contributed by atoms with Gasteiger partial charge in [0.2, 0.25) is 0 Å². The zero-order valence-corrected chi connectivity index (χ0v) is 20.1. The predicted molar refractivity (Wildman–Crippen MR) is 129 cm³/mol. The summed E-state index contributed by atoms with van der Waals surface area (Å²) in [6.45, 7) is 0. The SMILES string of the molecule is O=C(Nc1cc(F)c(F)c(F)c1)c1ccc(Cl)c(SC2CC3CC[C@@H](C2)C3(O)c2ccccn2)c1. The molecule has 2 bridgehead atoms. The van der Waals surface area contributed by atoms with Crippen LogP contribution in [0.3, 0.4) is 0 Å². The number of pyridine rings is 1. The maximum Gasteiger partial charge on any atom is 0.255 e. The Hall–Kier alpha value is -2.55. The van der Waals surface area contributed by atoms with Gasteiger partial charge in [0.1, 0.15) is 5.60 Å². The summed E-state index contributed by atoms with van der Waals surface area (Å²) in [5.41, 5.74) is -0.135. The summed E-state index contributed by atoms with van der Waals surface area (Å²) >= 11 is 7.99. The number of rotatable bonds is 5. The highest BCUT2D eigenvalue weighted by Crippen LogP contribution is 2.57. The molecule has 35 heavy (non-hydrogen) atoms. The monoisotopic (exact) mass is 518 g/mol. The molecule has 2 aliphatic carbocycles. The zero-order valence-electron chi connectivity index (χ0n) is 18.5. The molecule has 2 N–H and O–H groups in total. The van der Waals surface area contributed by atoms with Crippen molar-refractivity contribution in [1.29, 1.82) is 0 Å². The summed E-state index contributed by atoms with van der Waals surface area (Å²) < 4.78 is 40.2. The van der Waals surface area contributed by atoms with Crippen LogP contribution in [0.25, 0.3) is 0 Å². The van der Waals surface area contributed by atoms with Gasteiger partial charge in [-0.1, -0.05) is 17.7 Å².